The molecule has 0 aliphatic heterocycles. The molecule has 5 nitrogen and oxygen atoms in total. The highest BCUT2D eigenvalue weighted by atomic mass is 79.9. The maximum absolute atomic E-state index is 5.59. The fourth-order valence-electron chi connectivity index (χ4n) is 1.60. The molecule has 1 atom stereocenters. The fraction of sp³-hybridized carbons (Fsp3) is 0.250. The summed E-state index contributed by atoms with van der Waals surface area (Å²) in [7, 11) is 0. The van der Waals surface area contributed by atoms with Crippen LogP contribution in [0.3, 0.4) is 0 Å². The summed E-state index contributed by atoms with van der Waals surface area (Å²) >= 11 is 3.41. The number of halogens is 1. The van der Waals surface area contributed by atoms with Gasteiger partial charge in [-0.25, -0.2) is 0 Å². The summed E-state index contributed by atoms with van der Waals surface area (Å²) in [6.45, 7) is 3.83. The lowest BCUT2D eigenvalue weighted by atomic mass is 10.1. The Balaban J connectivity index is 2.15. The number of hydrogen-bond donors (Lipinski definition) is 2. The Kier molecular flexibility index (Phi) is 3.76. The third-order valence-electron chi connectivity index (χ3n) is 2.48. The van der Waals surface area contributed by atoms with Crippen molar-refractivity contribution in [3.63, 3.8) is 0 Å². The van der Waals surface area contributed by atoms with Crippen LogP contribution in [0.4, 0.5) is 11.9 Å². The second-order valence-corrected chi connectivity index (χ2v) is 4.90. The smallest absolute Gasteiger partial charge is 0.228 e. The van der Waals surface area contributed by atoms with Gasteiger partial charge in [-0.15, -0.1) is 0 Å². The van der Waals surface area contributed by atoms with Crippen LogP contribution < -0.4 is 11.1 Å². The molecule has 0 radical (unpaired) electrons. The van der Waals surface area contributed by atoms with Crippen LogP contribution in [0.5, 0.6) is 0 Å². The molecule has 2 aromatic rings. The lowest BCUT2D eigenvalue weighted by molar-refractivity contribution is 0.847. The van der Waals surface area contributed by atoms with Gasteiger partial charge in [0, 0.05) is 4.47 Å². The lowest BCUT2D eigenvalue weighted by Gasteiger charge is -2.14. The summed E-state index contributed by atoms with van der Waals surface area (Å²) in [5.74, 6) is 1.33. The summed E-state index contributed by atoms with van der Waals surface area (Å²) in [6.07, 6.45) is 0. The third kappa shape index (κ3) is 3.16. The number of rotatable bonds is 3. The first kappa shape index (κ1) is 12.8. The molecule has 1 unspecified atom stereocenters. The van der Waals surface area contributed by atoms with Gasteiger partial charge in [0.05, 0.1) is 6.04 Å². The zero-order valence-electron chi connectivity index (χ0n) is 10.2. The molecule has 0 spiro atoms. The van der Waals surface area contributed by atoms with Crippen LogP contribution in [-0.2, 0) is 0 Å². The van der Waals surface area contributed by atoms with Crippen LogP contribution >= 0.6 is 15.9 Å². The van der Waals surface area contributed by atoms with Crippen molar-refractivity contribution in [3.05, 3.63) is 40.1 Å². The average Bonchev–Trinajstić information content (AvgIpc) is 2.28. The van der Waals surface area contributed by atoms with Gasteiger partial charge in [0.25, 0.3) is 0 Å². The summed E-state index contributed by atoms with van der Waals surface area (Å²) < 4.78 is 1.05. The molecular formula is C12H14BrN5. The molecule has 1 heterocycles. The lowest BCUT2D eigenvalue weighted by Crippen LogP contribution is -2.12. The standard InChI is InChI=1S/C12H14BrN5/c1-7(9-3-5-10(13)6-4-9)15-12-17-8(2)16-11(14)18-12/h3-7H,1-2H3,(H3,14,15,16,17,18). The van der Waals surface area contributed by atoms with Crippen LogP contribution in [0.15, 0.2) is 28.7 Å². The number of nitrogens with zero attached hydrogens (tertiary/aromatic N) is 3. The van der Waals surface area contributed by atoms with Gasteiger partial charge in [-0.1, -0.05) is 28.1 Å². The van der Waals surface area contributed by atoms with E-state index in [1.165, 1.54) is 0 Å². The third-order valence-corrected chi connectivity index (χ3v) is 3.01. The van der Waals surface area contributed by atoms with Crippen molar-refractivity contribution in [3.8, 4) is 0 Å². The Morgan fingerprint density at radius 2 is 1.83 bits per heavy atom. The summed E-state index contributed by atoms with van der Waals surface area (Å²) in [5, 5.41) is 3.20. The molecule has 0 bridgehead atoms. The Morgan fingerprint density at radius 1 is 1.17 bits per heavy atom. The van der Waals surface area contributed by atoms with Crippen LogP contribution in [0.1, 0.15) is 24.4 Å². The molecule has 0 saturated heterocycles. The molecule has 0 aliphatic carbocycles. The molecule has 0 amide bonds. The van der Waals surface area contributed by atoms with Crippen molar-refractivity contribution in [1.82, 2.24) is 15.0 Å². The topological polar surface area (TPSA) is 76.7 Å². The number of hydrogen-bond acceptors (Lipinski definition) is 5. The van der Waals surface area contributed by atoms with Gasteiger partial charge in [-0.3, -0.25) is 0 Å². The van der Waals surface area contributed by atoms with E-state index in [0.29, 0.717) is 11.8 Å². The molecule has 94 valence electrons. The summed E-state index contributed by atoms with van der Waals surface area (Å²) in [4.78, 5) is 12.2. The molecule has 0 saturated carbocycles. The zero-order chi connectivity index (χ0) is 13.1. The molecule has 1 aromatic carbocycles. The highest BCUT2D eigenvalue weighted by Crippen LogP contribution is 2.19. The largest absolute Gasteiger partial charge is 0.368 e. The van der Waals surface area contributed by atoms with Gasteiger partial charge >= 0.3 is 0 Å². The van der Waals surface area contributed by atoms with Gasteiger partial charge in [-0.05, 0) is 31.5 Å². The van der Waals surface area contributed by atoms with Crippen molar-refractivity contribution in [2.24, 2.45) is 0 Å². The minimum atomic E-state index is 0.0966. The predicted molar refractivity (Wildman–Crippen MR) is 75.2 cm³/mol. The highest BCUT2D eigenvalue weighted by Gasteiger charge is 2.08. The molecule has 2 rings (SSSR count). The number of anilines is 2. The Labute approximate surface area is 114 Å². The van der Waals surface area contributed by atoms with Crippen molar-refractivity contribution in [1.29, 1.82) is 0 Å². The maximum Gasteiger partial charge on any atom is 0.228 e. The molecule has 0 aliphatic rings. The van der Waals surface area contributed by atoms with E-state index in [1.54, 1.807) is 6.92 Å². The first-order chi connectivity index (χ1) is 8.54. The normalized spacial score (nSPS) is 12.2. The summed E-state index contributed by atoms with van der Waals surface area (Å²) in [5.41, 5.74) is 6.73. The SMILES string of the molecule is Cc1nc(N)nc(NC(C)c2ccc(Br)cc2)n1. The second kappa shape index (κ2) is 5.30. The second-order valence-electron chi connectivity index (χ2n) is 3.98. The minimum Gasteiger partial charge on any atom is -0.368 e. The van der Waals surface area contributed by atoms with Crippen molar-refractivity contribution in [2.45, 2.75) is 19.9 Å². The first-order valence-corrected chi connectivity index (χ1v) is 6.34. The molecule has 6 heteroatoms. The number of nitrogens with one attached hydrogen (secondary N) is 1. The number of aryl methyl sites for hydroxylation is 1. The van der Waals surface area contributed by atoms with Gasteiger partial charge in [0.1, 0.15) is 5.82 Å². The Hall–Kier alpha value is -1.69. The van der Waals surface area contributed by atoms with Crippen LogP contribution in [0.2, 0.25) is 0 Å². The van der Waals surface area contributed by atoms with Crippen molar-refractivity contribution >= 4 is 27.8 Å². The molecule has 18 heavy (non-hydrogen) atoms. The maximum atomic E-state index is 5.59. The van der Waals surface area contributed by atoms with Crippen LogP contribution in [0.25, 0.3) is 0 Å². The van der Waals surface area contributed by atoms with Gasteiger partial charge in [0.15, 0.2) is 0 Å². The predicted octanol–water partition coefficient (Wildman–Crippen LogP) is 2.70. The van der Waals surface area contributed by atoms with Gasteiger partial charge in [-0.2, -0.15) is 15.0 Å². The number of benzene rings is 1. The van der Waals surface area contributed by atoms with E-state index in [-0.39, 0.29) is 12.0 Å². The number of aromatic nitrogens is 3. The van der Waals surface area contributed by atoms with Crippen molar-refractivity contribution in [2.75, 3.05) is 11.1 Å². The highest BCUT2D eigenvalue weighted by molar-refractivity contribution is 9.10. The van der Waals surface area contributed by atoms with Gasteiger partial charge < -0.3 is 11.1 Å². The van der Waals surface area contributed by atoms with E-state index in [0.717, 1.165) is 10.0 Å². The zero-order valence-corrected chi connectivity index (χ0v) is 11.8. The van der Waals surface area contributed by atoms with E-state index < -0.39 is 0 Å². The fourth-order valence-corrected chi connectivity index (χ4v) is 1.86. The van der Waals surface area contributed by atoms with E-state index in [2.05, 4.69) is 36.2 Å². The molecule has 0 fully saturated rings. The average molecular weight is 308 g/mol. The van der Waals surface area contributed by atoms with E-state index >= 15 is 0 Å². The first-order valence-electron chi connectivity index (χ1n) is 5.55. The van der Waals surface area contributed by atoms with E-state index in [9.17, 15) is 0 Å². The van der Waals surface area contributed by atoms with E-state index in [1.807, 2.05) is 31.2 Å². The number of nitrogens with two attached hydrogens (primary N) is 1. The van der Waals surface area contributed by atoms with Crippen molar-refractivity contribution < 1.29 is 0 Å². The Bertz CT molecular complexity index is 520. The summed E-state index contributed by atoms with van der Waals surface area (Å²) in [6, 6.07) is 8.18. The molecule has 3 N–H and O–H groups in total. The quantitative estimate of drug-likeness (QED) is 0.911. The van der Waals surface area contributed by atoms with Gasteiger partial charge in [0.2, 0.25) is 11.9 Å². The molecular weight excluding hydrogens is 294 g/mol. The van der Waals surface area contributed by atoms with Crippen LogP contribution in [0, 0.1) is 6.92 Å². The van der Waals surface area contributed by atoms with E-state index in [4.69, 9.17) is 5.73 Å². The molecule has 1 aromatic heterocycles. The Morgan fingerprint density at radius 3 is 2.44 bits per heavy atom. The number of nitrogen functional groups attached to an aromatic ring is 1. The van der Waals surface area contributed by atoms with Crippen LogP contribution in [-0.4, -0.2) is 15.0 Å². The minimum absolute atomic E-state index is 0.0966. The monoisotopic (exact) mass is 307 g/mol.